The average molecular weight is 514 g/mol. The zero-order valence-corrected chi connectivity index (χ0v) is 21.5. The van der Waals surface area contributed by atoms with Crippen LogP contribution in [0.15, 0.2) is 97.5 Å². The molecule has 1 aliphatic heterocycles. The van der Waals surface area contributed by atoms with E-state index in [0.29, 0.717) is 42.5 Å². The van der Waals surface area contributed by atoms with Crippen LogP contribution in [-0.2, 0) is 24.4 Å². The van der Waals surface area contributed by atoms with Crippen molar-refractivity contribution >= 4 is 28.1 Å². The molecule has 1 atom stereocenters. The van der Waals surface area contributed by atoms with Crippen molar-refractivity contribution in [2.24, 2.45) is 0 Å². The number of ether oxygens (including phenoxy) is 1. The topological polar surface area (TPSA) is 63.8 Å². The number of rotatable bonds is 2. The second kappa shape index (κ2) is 10.4. The van der Waals surface area contributed by atoms with Gasteiger partial charge in [0.05, 0.1) is 24.6 Å². The predicted octanol–water partition coefficient (Wildman–Crippen LogP) is 6.77. The van der Waals surface area contributed by atoms with E-state index in [1.807, 2.05) is 79.9 Å². The van der Waals surface area contributed by atoms with E-state index >= 15 is 0 Å². The Labute approximate surface area is 227 Å². The Balaban J connectivity index is 1.47. The van der Waals surface area contributed by atoms with Gasteiger partial charge < -0.3 is 14.6 Å². The van der Waals surface area contributed by atoms with Crippen molar-refractivity contribution in [1.29, 1.82) is 0 Å². The van der Waals surface area contributed by atoms with Crippen LogP contribution in [-0.4, -0.2) is 26.4 Å². The molecule has 0 fully saturated rings. The van der Waals surface area contributed by atoms with Crippen LogP contribution in [0.1, 0.15) is 23.7 Å². The molecular weight excluding hydrogens is 486 g/mol. The minimum atomic E-state index is -0.416. The Morgan fingerprint density at radius 1 is 1.03 bits per heavy atom. The number of carbonyl (C=O) groups is 1. The highest BCUT2D eigenvalue weighted by molar-refractivity contribution is 6.04. The summed E-state index contributed by atoms with van der Waals surface area (Å²) in [7, 11) is 0. The van der Waals surface area contributed by atoms with E-state index < -0.39 is 6.04 Å². The van der Waals surface area contributed by atoms with Crippen LogP contribution < -0.4 is 10.1 Å². The summed E-state index contributed by atoms with van der Waals surface area (Å²) in [5.41, 5.74) is 4.26. The highest BCUT2D eigenvalue weighted by Gasteiger charge is 2.24. The van der Waals surface area contributed by atoms with Crippen molar-refractivity contribution in [3.05, 3.63) is 126 Å². The summed E-state index contributed by atoms with van der Waals surface area (Å²) in [6, 6.07) is 27.0. The Morgan fingerprint density at radius 2 is 1.90 bits per heavy atom. The first-order chi connectivity index (χ1) is 19.1. The maximum absolute atomic E-state index is 13.7. The Hall–Kier alpha value is -4.93. The third-order valence-corrected chi connectivity index (χ3v) is 7.16. The summed E-state index contributed by atoms with van der Waals surface area (Å²) < 4.78 is 8.32. The van der Waals surface area contributed by atoms with Crippen LogP contribution in [0, 0.1) is 6.57 Å². The van der Waals surface area contributed by atoms with Gasteiger partial charge in [0.1, 0.15) is 11.5 Å². The SMILES string of the molecule is [C-]#[N+]c1ccc2cc1Oc1ccc3cccc(c3c1)NC(=O)C(C)N(Cc1ccccc1)Cc1cncn1C2. The normalized spacial score (nSPS) is 15.8. The Kier molecular flexibility index (Phi) is 6.54. The average Bonchev–Trinajstić information content (AvgIpc) is 3.39. The second-order valence-electron chi connectivity index (χ2n) is 9.77. The third kappa shape index (κ3) is 5.11. The molecule has 1 aromatic heterocycles. The van der Waals surface area contributed by atoms with Gasteiger partial charge in [0, 0.05) is 36.9 Å². The fourth-order valence-corrected chi connectivity index (χ4v) is 4.96. The van der Waals surface area contributed by atoms with E-state index in [1.54, 1.807) is 12.4 Å². The van der Waals surface area contributed by atoms with Gasteiger partial charge in [0.2, 0.25) is 11.6 Å². The van der Waals surface area contributed by atoms with Crippen LogP contribution in [0.5, 0.6) is 11.5 Å². The fraction of sp³-hybridized carbons (Fsp3) is 0.156. The minimum absolute atomic E-state index is 0.0941. The van der Waals surface area contributed by atoms with Crippen LogP contribution in [0.2, 0.25) is 0 Å². The number of carbonyl (C=O) groups excluding carboxylic acids is 1. The molecule has 1 amide bonds. The van der Waals surface area contributed by atoms with Gasteiger partial charge in [-0.05, 0) is 47.7 Å². The van der Waals surface area contributed by atoms with Crippen molar-refractivity contribution < 1.29 is 9.53 Å². The number of imidazole rings is 1. The molecule has 0 radical (unpaired) electrons. The van der Waals surface area contributed by atoms with Crippen LogP contribution in [0.3, 0.4) is 0 Å². The lowest BCUT2D eigenvalue weighted by molar-refractivity contribution is -0.121. The number of amides is 1. The van der Waals surface area contributed by atoms with Gasteiger partial charge in [0.15, 0.2) is 0 Å². The van der Waals surface area contributed by atoms with E-state index in [2.05, 4.69) is 36.7 Å². The van der Waals surface area contributed by atoms with Crippen molar-refractivity contribution in [2.45, 2.75) is 32.6 Å². The standard InChI is InChI=1S/C32H27N5O2/c1-22-32(38)35-29-10-6-9-25-12-13-27(16-28(25)29)39-31-15-24(11-14-30(31)33-2)19-37-21-34-17-26(37)20-36(22)18-23-7-4-3-5-8-23/h3-17,21-22H,18-20H2,1H3,(H,35,38). The first-order valence-corrected chi connectivity index (χ1v) is 12.9. The summed E-state index contributed by atoms with van der Waals surface area (Å²) >= 11 is 0. The molecule has 192 valence electrons. The fourth-order valence-electron chi connectivity index (χ4n) is 4.96. The number of hydrogen-bond donors (Lipinski definition) is 1. The van der Waals surface area contributed by atoms with E-state index in [4.69, 9.17) is 11.3 Å². The molecule has 1 unspecified atom stereocenters. The minimum Gasteiger partial charge on any atom is -0.468 e. The van der Waals surface area contributed by atoms with Crippen molar-refractivity contribution in [1.82, 2.24) is 14.5 Å². The molecule has 1 aliphatic rings. The molecule has 2 heterocycles. The second-order valence-corrected chi connectivity index (χ2v) is 9.77. The largest absolute Gasteiger partial charge is 0.468 e. The quantitative estimate of drug-likeness (QED) is 0.265. The number of fused-ring (bicyclic) bond motifs is 4. The number of nitrogens with zero attached hydrogens (tertiary/aromatic N) is 4. The van der Waals surface area contributed by atoms with Gasteiger partial charge in [-0.25, -0.2) is 9.83 Å². The molecule has 1 N–H and O–H groups in total. The van der Waals surface area contributed by atoms with Crippen molar-refractivity contribution in [3.63, 3.8) is 0 Å². The Bertz CT molecular complexity index is 1700. The van der Waals surface area contributed by atoms with Crippen LogP contribution >= 0.6 is 0 Å². The molecule has 0 saturated carbocycles. The highest BCUT2D eigenvalue weighted by Crippen LogP contribution is 2.36. The lowest BCUT2D eigenvalue weighted by atomic mass is 10.1. The first kappa shape index (κ1) is 24.4. The van der Waals surface area contributed by atoms with Gasteiger partial charge in [-0.2, -0.15) is 0 Å². The maximum atomic E-state index is 13.7. The predicted molar refractivity (Wildman–Crippen MR) is 152 cm³/mol. The third-order valence-electron chi connectivity index (χ3n) is 7.16. The van der Waals surface area contributed by atoms with E-state index in [-0.39, 0.29) is 5.91 Å². The van der Waals surface area contributed by atoms with E-state index in [1.165, 1.54) is 0 Å². The van der Waals surface area contributed by atoms with Crippen molar-refractivity contribution in [3.8, 4) is 11.5 Å². The molecule has 7 heteroatoms. The molecule has 4 aromatic carbocycles. The zero-order valence-electron chi connectivity index (χ0n) is 21.5. The molecular formula is C32H27N5O2. The number of hydrogen-bond acceptors (Lipinski definition) is 4. The molecule has 5 aromatic rings. The van der Waals surface area contributed by atoms with Gasteiger partial charge in [-0.1, -0.05) is 60.7 Å². The lowest BCUT2D eigenvalue weighted by Gasteiger charge is -2.29. The molecule has 4 bridgehead atoms. The van der Waals surface area contributed by atoms with Crippen LogP contribution in [0.25, 0.3) is 15.6 Å². The van der Waals surface area contributed by atoms with E-state index in [9.17, 15) is 4.79 Å². The maximum Gasteiger partial charge on any atom is 0.241 e. The van der Waals surface area contributed by atoms with Crippen LogP contribution in [0.4, 0.5) is 11.4 Å². The van der Waals surface area contributed by atoms with E-state index in [0.717, 1.165) is 27.6 Å². The first-order valence-electron chi connectivity index (χ1n) is 12.9. The molecule has 0 saturated heterocycles. The number of aromatic nitrogens is 2. The monoisotopic (exact) mass is 513 g/mol. The lowest BCUT2D eigenvalue weighted by Crippen LogP contribution is -2.41. The summed E-state index contributed by atoms with van der Waals surface area (Å²) in [6.07, 6.45) is 3.65. The highest BCUT2D eigenvalue weighted by atomic mass is 16.5. The number of nitrogens with one attached hydrogen (secondary N) is 1. The summed E-state index contributed by atoms with van der Waals surface area (Å²) in [5.74, 6) is 1.00. The zero-order chi connectivity index (χ0) is 26.8. The van der Waals surface area contributed by atoms with Gasteiger partial charge >= 0.3 is 0 Å². The van der Waals surface area contributed by atoms with Crippen molar-refractivity contribution in [2.75, 3.05) is 5.32 Å². The molecule has 0 aliphatic carbocycles. The summed E-state index contributed by atoms with van der Waals surface area (Å²) in [5, 5.41) is 5.02. The number of benzene rings is 4. The summed E-state index contributed by atoms with van der Waals surface area (Å²) in [6.45, 7) is 11.3. The molecule has 6 rings (SSSR count). The summed E-state index contributed by atoms with van der Waals surface area (Å²) in [4.78, 5) is 23.9. The molecule has 0 spiro atoms. The molecule has 7 nitrogen and oxygen atoms in total. The smallest absolute Gasteiger partial charge is 0.241 e. The van der Waals surface area contributed by atoms with Gasteiger partial charge in [-0.15, -0.1) is 0 Å². The van der Waals surface area contributed by atoms with Gasteiger partial charge in [0.25, 0.3) is 0 Å². The van der Waals surface area contributed by atoms with Gasteiger partial charge in [-0.3, -0.25) is 9.69 Å². The molecule has 39 heavy (non-hydrogen) atoms. The number of anilines is 1. The Morgan fingerprint density at radius 3 is 2.74 bits per heavy atom.